The lowest BCUT2D eigenvalue weighted by molar-refractivity contribution is -0.384. The van der Waals surface area contributed by atoms with Gasteiger partial charge in [-0.2, -0.15) is 0 Å². The zero-order valence-corrected chi connectivity index (χ0v) is 21.9. The molecule has 0 aliphatic carbocycles. The van der Waals surface area contributed by atoms with Crippen LogP contribution in [0.15, 0.2) is 42.5 Å². The van der Waals surface area contributed by atoms with E-state index in [2.05, 4.69) is 5.32 Å². The zero-order chi connectivity index (χ0) is 27.4. The van der Waals surface area contributed by atoms with Crippen molar-refractivity contribution in [3.63, 3.8) is 0 Å². The summed E-state index contributed by atoms with van der Waals surface area (Å²) < 4.78 is 39.5. The lowest BCUT2D eigenvalue weighted by Crippen LogP contribution is -2.54. The van der Waals surface area contributed by atoms with E-state index in [0.29, 0.717) is 11.1 Å². The average molecular weight is 523 g/mol. The largest absolute Gasteiger partial charge is 0.350 e. The second kappa shape index (κ2) is 11.0. The third kappa shape index (κ3) is 7.74. The molecule has 0 bridgehead atoms. The minimum atomic E-state index is -4.05. The van der Waals surface area contributed by atoms with Crippen molar-refractivity contribution in [1.82, 2.24) is 10.2 Å². The SMILES string of the molecule is Cc1ccc([N+](=O)[O-])cc1N(CC(=O)N(Cc1ccc(F)cc1)[C@@H](C)C(=O)NC(C)(C)C)S(C)(=O)=O. The number of sulfonamides is 1. The number of nitro groups is 1. The molecular formula is C24H31FN4O6S. The molecule has 0 radical (unpaired) electrons. The van der Waals surface area contributed by atoms with Crippen molar-refractivity contribution < 1.29 is 27.3 Å². The van der Waals surface area contributed by atoms with Crippen LogP contribution in [0.2, 0.25) is 0 Å². The van der Waals surface area contributed by atoms with Crippen LogP contribution in [0.4, 0.5) is 15.8 Å². The van der Waals surface area contributed by atoms with Gasteiger partial charge in [0, 0.05) is 24.2 Å². The normalized spacial score (nSPS) is 12.5. The number of hydrogen-bond donors (Lipinski definition) is 1. The van der Waals surface area contributed by atoms with Crippen LogP contribution in [0.25, 0.3) is 0 Å². The number of carbonyl (C=O) groups is 2. The van der Waals surface area contributed by atoms with Gasteiger partial charge >= 0.3 is 0 Å². The minimum Gasteiger partial charge on any atom is -0.350 e. The van der Waals surface area contributed by atoms with Crippen molar-refractivity contribution in [1.29, 1.82) is 0 Å². The summed E-state index contributed by atoms with van der Waals surface area (Å²) in [5.41, 5.74) is -0.0131. The molecule has 196 valence electrons. The molecule has 10 nitrogen and oxygen atoms in total. The Hall–Kier alpha value is -3.54. The van der Waals surface area contributed by atoms with Crippen molar-refractivity contribution in [2.24, 2.45) is 0 Å². The highest BCUT2D eigenvalue weighted by Gasteiger charge is 2.32. The van der Waals surface area contributed by atoms with Gasteiger partial charge in [0.2, 0.25) is 21.8 Å². The Morgan fingerprint density at radius 3 is 2.22 bits per heavy atom. The van der Waals surface area contributed by atoms with E-state index in [1.807, 2.05) is 0 Å². The summed E-state index contributed by atoms with van der Waals surface area (Å²) in [6.07, 6.45) is 0.888. The van der Waals surface area contributed by atoms with Crippen molar-refractivity contribution in [2.75, 3.05) is 17.1 Å². The van der Waals surface area contributed by atoms with Crippen molar-refractivity contribution in [3.05, 3.63) is 69.5 Å². The number of nitro benzene ring substituents is 1. The zero-order valence-electron chi connectivity index (χ0n) is 21.1. The standard InChI is InChI=1S/C24H31FN4O6S/c1-16-7-12-20(29(32)33)13-21(16)28(36(6,34)35)15-22(30)27(14-18-8-10-19(25)11-9-18)17(2)23(31)26-24(3,4)5/h7-13,17H,14-15H2,1-6H3,(H,26,31)/t17-/m0/s1. The quantitative estimate of drug-likeness (QED) is 0.398. The fraction of sp³-hybridized carbons (Fsp3) is 0.417. The Balaban J connectivity index is 2.49. The van der Waals surface area contributed by atoms with Crippen LogP contribution in [0, 0.1) is 22.9 Å². The van der Waals surface area contributed by atoms with Crippen LogP contribution in [-0.2, 0) is 26.2 Å². The molecule has 12 heteroatoms. The van der Waals surface area contributed by atoms with Gasteiger partial charge in [-0.1, -0.05) is 18.2 Å². The van der Waals surface area contributed by atoms with Crippen LogP contribution in [0.5, 0.6) is 0 Å². The smallest absolute Gasteiger partial charge is 0.271 e. The number of rotatable bonds is 9. The van der Waals surface area contributed by atoms with E-state index in [9.17, 15) is 32.5 Å². The second-order valence-electron chi connectivity index (χ2n) is 9.56. The number of nitrogens with one attached hydrogen (secondary N) is 1. The summed E-state index contributed by atoms with van der Waals surface area (Å²) in [6, 6.07) is 8.07. The maximum absolute atomic E-state index is 13.5. The highest BCUT2D eigenvalue weighted by Crippen LogP contribution is 2.28. The number of non-ortho nitro benzene ring substituents is 1. The molecule has 0 unspecified atom stereocenters. The minimum absolute atomic E-state index is 0.0198. The number of hydrogen-bond acceptors (Lipinski definition) is 6. The molecule has 2 amide bonds. The Bertz CT molecular complexity index is 1240. The van der Waals surface area contributed by atoms with Crippen LogP contribution in [-0.4, -0.2) is 54.4 Å². The summed E-state index contributed by atoms with van der Waals surface area (Å²) in [5.74, 6) is -1.65. The molecule has 0 aromatic heterocycles. The fourth-order valence-electron chi connectivity index (χ4n) is 3.42. The Morgan fingerprint density at radius 1 is 1.14 bits per heavy atom. The lowest BCUT2D eigenvalue weighted by Gasteiger charge is -2.33. The number of aryl methyl sites for hydroxylation is 1. The van der Waals surface area contributed by atoms with Gasteiger partial charge in [-0.05, 0) is 57.9 Å². The predicted octanol–water partition coefficient (Wildman–Crippen LogP) is 3.14. The molecule has 1 N–H and O–H groups in total. The molecule has 2 aromatic rings. The maximum atomic E-state index is 13.5. The van der Waals surface area contributed by atoms with E-state index < -0.39 is 50.7 Å². The van der Waals surface area contributed by atoms with E-state index in [-0.39, 0.29) is 17.9 Å². The van der Waals surface area contributed by atoms with Gasteiger partial charge in [0.1, 0.15) is 18.4 Å². The van der Waals surface area contributed by atoms with Gasteiger partial charge in [-0.15, -0.1) is 0 Å². The summed E-state index contributed by atoms with van der Waals surface area (Å²) in [7, 11) is -4.05. The van der Waals surface area contributed by atoms with E-state index in [1.54, 1.807) is 27.7 Å². The number of anilines is 1. The van der Waals surface area contributed by atoms with Crippen LogP contribution < -0.4 is 9.62 Å². The van der Waals surface area contributed by atoms with E-state index in [1.165, 1.54) is 48.2 Å². The molecule has 1 atom stereocenters. The Labute approximate surface area is 210 Å². The molecule has 36 heavy (non-hydrogen) atoms. The molecule has 0 saturated carbocycles. The number of carbonyl (C=O) groups excluding carboxylic acids is 2. The number of nitrogens with zero attached hydrogens (tertiary/aromatic N) is 3. The molecular weight excluding hydrogens is 491 g/mol. The van der Waals surface area contributed by atoms with E-state index in [0.717, 1.165) is 16.6 Å². The molecule has 2 rings (SSSR count). The van der Waals surface area contributed by atoms with Gasteiger partial charge in [0.05, 0.1) is 16.9 Å². The molecule has 2 aromatic carbocycles. The lowest BCUT2D eigenvalue weighted by atomic mass is 10.1. The third-order valence-electron chi connectivity index (χ3n) is 5.28. The molecule has 0 fully saturated rings. The molecule has 0 aliphatic rings. The fourth-order valence-corrected chi connectivity index (χ4v) is 4.32. The number of benzene rings is 2. The molecule has 0 aliphatic heterocycles. The van der Waals surface area contributed by atoms with Crippen LogP contribution >= 0.6 is 0 Å². The van der Waals surface area contributed by atoms with Gasteiger partial charge in [-0.25, -0.2) is 12.8 Å². The molecule has 0 spiro atoms. The third-order valence-corrected chi connectivity index (χ3v) is 6.41. The summed E-state index contributed by atoms with van der Waals surface area (Å²) in [6.45, 7) is 7.61. The van der Waals surface area contributed by atoms with Gasteiger partial charge in [0.25, 0.3) is 5.69 Å². The van der Waals surface area contributed by atoms with E-state index in [4.69, 9.17) is 0 Å². The van der Waals surface area contributed by atoms with Gasteiger partial charge < -0.3 is 10.2 Å². The van der Waals surface area contributed by atoms with E-state index >= 15 is 0 Å². The number of halogens is 1. The second-order valence-corrected chi connectivity index (χ2v) is 11.5. The van der Waals surface area contributed by atoms with Crippen molar-refractivity contribution in [3.8, 4) is 0 Å². The van der Waals surface area contributed by atoms with Crippen molar-refractivity contribution in [2.45, 2.75) is 52.7 Å². The Morgan fingerprint density at radius 2 is 1.72 bits per heavy atom. The monoisotopic (exact) mass is 522 g/mol. The summed E-state index contributed by atoms with van der Waals surface area (Å²) in [4.78, 5) is 38.2. The Kier molecular flexibility index (Phi) is 8.79. The van der Waals surface area contributed by atoms with Crippen molar-refractivity contribution >= 4 is 33.2 Å². The molecule has 0 heterocycles. The highest BCUT2D eigenvalue weighted by molar-refractivity contribution is 7.92. The first-order chi connectivity index (χ1) is 16.5. The first-order valence-electron chi connectivity index (χ1n) is 11.1. The summed E-state index contributed by atoms with van der Waals surface area (Å²) >= 11 is 0. The maximum Gasteiger partial charge on any atom is 0.271 e. The number of amides is 2. The average Bonchev–Trinajstić information content (AvgIpc) is 2.75. The topological polar surface area (TPSA) is 130 Å². The van der Waals surface area contributed by atoms with Gasteiger partial charge in [-0.3, -0.25) is 24.0 Å². The van der Waals surface area contributed by atoms with Gasteiger partial charge in [0.15, 0.2) is 0 Å². The first kappa shape index (κ1) is 28.7. The van der Waals surface area contributed by atoms with Crippen LogP contribution in [0.3, 0.4) is 0 Å². The first-order valence-corrected chi connectivity index (χ1v) is 12.9. The predicted molar refractivity (Wildman–Crippen MR) is 134 cm³/mol. The highest BCUT2D eigenvalue weighted by atomic mass is 32.2. The summed E-state index contributed by atoms with van der Waals surface area (Å²) in [5, 5.41) is 14.1. The van der Waals surface area contributed by atoms with Crippen LogP contribution in [0.1, 0.15) is 38.8 Å². The molecule has 0 saturated heterocycles.